The van der Waals surface area contributed by atoms with Crippen molar-refractivity contribution in [3.05, 3.63) is 70.3 Å². The number of nitrogens with one attached hydrogen (secondary N) is 2. The third-order valence-electron chi connectivity index (χ3n) is 5.50. The normalized spacial score (nSPS) is 15.9. The average molecular weight is 410 g/mol. The number of carbonyl (C=O) groups is 2. The quantitative estimate of drug-likeness (QED) is 0.539. The van der Waals surface area contributed by atoms with Gasteiger partial charge < -0.3 is 10.6 Å². The Morgan fingerprint density at radius 2 is 1.73 bits per heavy atom. The summed E-state index contributed by atoms with van der Waals surface area (Å²) in [6.45, 7) is 3.53. The van der Waals surface area contributed by atoms with Crippen molar-refractivity contribution in [2.45, 2.75) is 32.4 Å². The summed E-state index contributed by atoms with van der Waals surface area (Å²) in [5, 5.41) is 16.8. The van der Waals surface area contributed by atoms with E-state index in [0.29, 0.717) is 32.5 Å². The van der Waals surface area contributed by atoms with Crippen molar-refractivity contribution >= 4 is 23.2 Å². The van der Waals surface area contributed by atoms with Gasteiger partial charge in [-0.05, 0) is 44.5 Å². The van der Waals surface area contributed by atoms with Crippen LogP contribution in [-0.2, 0) is 16.1 Å². The van der Waals surface area contributed by atoms with Crippen molar-refractivity contribution in [1.29, 1.82) is 0 Å². The lowest BCUT2D eigenvalue weighted by molar-refractivity contribution is -0.383. The largest absolute Gasteiger partial charge is 0.352 e. The van der Waals surface area contributed by atoms with E-state index in [1.54, 1.807) is 19.1 Å². The van der Waals surface area contributed by atoms with Crippen molar-refractivity contribution in [3.63, 3.8) is 0 Å². The molecule has 2 aromatic rings. The van der Waals surface area contributed by atoms with E-state index >= 15 is 0 Å². The molecule has 1 atom stereocenters. The van der Waals surface area contributed by atoms with Crippen LogP contribution in [0.2, 0.25) is 0 Å². The lowest BCUT2D eigenvalue weighted by Crippen LogP contribution is -2.48. The Bertz CT molecular complexity index is 895. The highest BCUT2D eigenvalue weighted by Crippen LogP contribution is 2.24. The molecule has 0 bridgehead atoms. The molecule has 30 heavy (non-hydrogen) atoms. The first-order valence-electron chi connectivity index (χ1n) is 10.1. The molecule has 0 aliphatic carbocycles. The fraction of sp³-hybridized carbons (Fsp3) is 0.364. The number of nitrogens with zero attached hydrogens (tertiary/aromatic N) is 2. The number of nitro groups is 1. The van der Waals surface area contributed by atoms with Gasteiger partial charge in [-0.15, -0.1) is 0 Å². The van der Waals surface area contributed by atoms with Crippen LogP contribution in [0.25, 0.3) is 0 Å². The van der Waals surface area contributed by atoms with Gasteiger partial charge in [0.05, 0.1) is 11.0 Å². The van der Waals surface area contributed by atoms with Crippen LogP contribution >= 0.6 is 0 Å². The standard InChI is InChI=1S/C22H26N4O4/c1-16(21(27)24-19-9-5-6-10-20(19)26(29)30)25-13-11-18(12-14-25)22(28)23-15-17-7-3-2-4-8-17/h2-10,16,18H,11-15H2,1H3,(H,23,28)(H,24,27)/t16-/m1/s1. The predicted molar refractivity (Wildman–Crippen MR) is 114 cm³/mol. The van der Waals surface area contributed by atoms with E-state index in [1.165, 1.54) is 12.1 Å². The fourth-order valence-electron chi connectivity index (χ4n) is 3.62. The van der Waals surface area contributed by atoms with E-state index < -0.39 is 11.0 Å². The number of para-hydroxylation sites is 2. The third kappa shape index (κ3) is 5.42. The molecule has 3 rings (SSSR count). The Balaban J connectivity index is 1.49. The maximum Gasteiger partial charge on any atom is 0.292 e. The maximum atomic E-state index is 12.6. The number of piperidine rings is 1. The number of amides is 2. The van der Waals surface area contributed by atoms with Gasteiger partial charge in [-0.25, -0.2) is 0 Å². The number of rotatable bonds is 7. The highest BCUT2D eigenvalue weighted by molar-refractivity contribution is 5.96. The topological polar surface area (TPSA) is 105 Å². The average Bonchev–Trinajstić information content (AvgIpc) is 2.78. The summed E-state index contributed by atoms with van der Waals surface area (Å²) in [5.41, 5.74) is 1.12. The van der Waals surface area contributed by atoms with Crippen LogP contribution in [0.5, 0.6) is 0 Å². The van der Waals surface area contributed by atoms with E-state index in [4.69, 9.17) is 0 Å². The van der Waals surface area contributed by atoms with Crippen molar-refractivity contribution in [3.8, 4) is 0 Å². The van der Waals surface area contributed by atoms with Crippen LogP contribution in [0, 0.1) is 16.0 Å². The van der Waals surface area contributed by atoms with Crippen LogP contribution in [0.3, 0.4) is 0 Å². The second-order valence-electron chi connectivity index (χ2n) is 7.45. The number of likely N-dealkylation sites (tertiary alicyclic amines) is 1. The Labute approximate surface area is 175 Å². The lowest BCUT2D eigenvalue weighted by Gasteiger charge is -2.34. The zero-order chi connectivity index (χ0) is 21.5. The summed E-state index contributed by atoms with van der Waals surface area (Å²) in [4.78, 5) is 37.7. The lowest BCUT2D eigenvalue weighted by atomic mass is 9.94. The van der Waals surface area contributed by atoms with Crippen LogP contribution in [0.15, 0.2) is 54.6 Å². The Kier molecular flexibility index (Phi) is 7.13. The smallest absolute Gasteiger partial charge is 0.292 e. The van der Waals surface area contributed by atoms with Crippen LogP contribution in [0.1, 0.15) is 25.3 Å². The molecule has 0 radical (unpaired) electrons. The van der Waals surface area contributed by atoms with Gasteiger partial charge in [0.2, 0.25) is 11.8 Å². The van der Waals surface area contributed by atoms with Gasteiger partial charge in [0.15, 0.2) is 0 Å². The Morgan fingerprint density at radius 1 is 1.10 bits per heavy atom. The highest BCUT2D eigenvalue weighted by atomic mass is 16.6. The first-order chi connectivity index (χ1) is 14.5. The molecule has 1 fully saturated rings. The summed E-state index contributed by atoms with van der Waals surface area (Å²) in [5.74, 6) is -0.331. The Morgan fingerprint density at radius 3 is 2.40 bits per heavy atom. The second-order valence-corrected chi connectivity index (χ2v) is 7.45. The van der Waals surface area contributed by atoms with E-state index in [0.717, 1.165) is 5.56 Å². The third-order valence-corrected chi connectivity index (χ3v) is 5.50. The second kappa shape index (κ2) is 9.98. The number of carbonyl (C=O) groups excluding carboxylic acids is 2. The summed E-state index contributed by atoms with van der Waals surface area (Å²) in [6, 6.07) is 15.4. The van der Waals surface area contributed by atoms with Gasteiger partial charge in [0.25, 0.3) is 5.69 Å². The SMILES string of the molecule is C[C@H](C(=O)Nc1ccccc1[N+](=O)[O-])N1CCC(C(=O)NCc2ccccc2)CC1. The first kappa shape index (κ1) is 21.4. The van der Waals surface area contributed by atoms with E-state index in [-0.39, 0.29) is 29.1 Å². The van der Waals surface area contributed by atoms with Crippen LogP contribution in [0.4, 0.5) is 11.4 Å². The van der Waals surface area contributed by atoms with Crippen molar-refractivity contribution in [2.75, 3.05) is 18.4 Å². The Hall–Kier alpha value is -3.26. The minimum Gasteiger partial charge on any atom is -0.352 e. The number of hydrogen-bond donors (Lipinski definition) is 2. The molecule has 8 nitrogen and oxygen atoms in total. The molecule has 2 aromatic carbocycles. The minimum atomic E-state index is -0.514. The fourth-order valence-corrected chi connectivity index (χ4v) is 3.62. The summed E-state index contributed by atoms with van der Waals surface area (Å²) >= 11 is 0. The van der Waals surface area contributed by atoms with Gasteiger partial charge in [0, 0.05) is 18.5 Å². The molecular formula is C22H26N4O4. The molecule has 1 aliphatic rings. The first-order valence-corrected chi connectivity index (χ1v) is 10.1. The molecule has 2 N–H and O–H groups in total. The van der Waals surface area contributed by atoms with Crippen molar-refractivity contribution < 1.29 is 14.5 Å². The molecule has 0 aromatic heterocycles. The molecule has 0 saturated carbocycles. The molecule has 1 saturated heterocycles. The summed E-state index contributed by atoms with van der Waals surface area (Å²) in [6.07, 6.45) is 1.34. The molecule has 0 spiro atoms. The molecule has 8 heteroatoms. The van der Waals surface area contributed by atoms with E-state index in [9.17, 15) is 19.7 Å². The van der Waals surface area contributed by atoms with Crippen molar-refractivity contribution in [1.82, 2.24) is 10.2 Å². The molecular weight excluding hydrogens is 384 g/mol. The number of benzene rings is 2. The zero-order valence-corrected chi connectivity index (χ0v) is 16.9. The summed E-state index contributed by atoms with van der Waals surface area (Å²) in [7, 11) is 0. The molecule has 1 heterocycles. The van der Waals surface area contributed by atoms with Gasteiger partial charge in [-0.2, -0.15) is 0 Å². The highest BCUT2D eigenvalue weighted by Gasteiger charge is 2.30. The molecule has 1 aliphatic heterocycles. The number of anilines is 1. The van der Waals surface area contributed by atoms with Crippen LogP contribution in [-0.4, -0.2) is 40.8 Å². The van der Waals surface area contributed by atoms with Gasteiger partial charge in [-0.1, -0.05) is 42.5 Å². The van der Waals surface area contributed by atoms with E-state index in [2.05, 4.69) is 10.6 Å². The van der Waals surface area contributed by atoms with E-state index in [1.807, 2.05) is 35.2 Å². The molecule has 158 valence electrons. The van der Waals surface area contributed by atoms with Crippen molar-refractivity contribution in [2.24, 2.45) is 5.92 Å². The van der Waals surface area contributed by atoms with Gasteiger partial charge in [0.1, 0.15) is 5.69 Å². The van der Waals surface area contributed by atoms with Gasteiger partial charge in [-0.3, -0.25) is 24.6 Å². The zero-order valence-electron chi connectivity index (χ0n) is 16.9. The maximum absolute atomic E-state index is 12.6. The minimum absolute atomic E-state index is 0.0375. The summed E-state index contributed by atoms with van der Waals surface area (Å²) < 4.78 is 0. The predicted octanol–water partition coefficient (Wildman–Crippen LogP) is 2.95. The number of nitro benzene ring substituents is 1. The molecule has 0 unspecified atom stereocenters. The monoisotopic (exact) mass is 410 g/mol. The molecule has 2 amide bonds. The van der Waals surface area contributed by atoms with Crippen LogP contribution < -0.4 is 10.6 Å². The van der Waals surface area contributed by atoms with Gasteiger partial charge >= 0.3 is 0 Å². The number of hydrogen-bond acceptors (Lipinski definition) is 5.